The second-order valence-corrected chi connectivity index (χ2v) is 6.21. The van der Waals surface area contributed by atoms with Crippen LogP contribution < -0.4 is 0 Å². The smallest absolute Gasteiger partial charge is 0.272 e. The first-order valence-electron chi connectivity index (χ1n) is 7.50. The first-order chi connectivity index (χ1) is 10.0. The third-order valence-electron chi connectivity index (χ3n) is 4.84. The van der Waals surface area contributed by atoms with Crippen molar-refractivity contribution in [1.82, 2.24) is 14.8 Å². The van der Waals surface area contributed by atoms with Crippen LogP contribution in [0.25, 0.3) is 0 Å². The van der Waals surface area contributed by atoms with Crippen LogP contribution in [0.2, 0.25) is 0 Å². The maximum atomic E-state index is 12.5. The fraction of sp³-hybridized carbons (Fsp3) is 0.562. The van der Waals surface area contributed by atoms with Gasteiger partial charge in [0.05, 0.1) is 5.41 Å². The van der Waals surface area contributed by atoms with Crippen molar-refractivity contribution in [2.75, 3.05) is 26.7 Å². The number of likely N-dealkylation sites (tertiary alicyclic amines) is 2. The minimum Gasteiger partial charge on any atom is -0.345 e. The van der Waals surface area contributed by atoms with Crippen LogP contribution in [-0.2, 0) is 4.79 Å². The zero-order chi connectivity index (χ0) is 15.0. The maximum Gasteiger partial charge on any atom is 0.272 e. The summed E-state index contributed by atoms with van der Waals surface area (Å²) in [6.45, 7) is 4.02. The molecule has 1 aromatic rings. The quantitative estimate of drug-likeness (QED) is 0.786. The van der Waals surface area contributed by atoms with Crippen molar-refractivity contribution in [3.05, 3.63) is 29.6 Å². The molecule has 5 heteroatoms. The van der Waals surface area contributed by atoms with Crippen LogP contribution in [0, 0.1) is 12.3 Å². The van der Waals surface area contributed by atoms with E-state index in [2.05, 4.69) is 4.98 Å². The van der Waals surface area contributed by atoms with Crippen LogP contribution in [0.15, 0.2) is 18.2 Å². The number of piperidine rings is 1. The number of rotatable bonds is 1. The molecule has 112 valence electrons. The molecular weight excluding hydrogens is 266 g/mol. The van der Waals surface area contributed by atoms with Crippen molar-refractivity contribution in [1.29, 1.82) is 0 Å². The molecule has 0 unspecified atom stereocenters. The standard InChI is InChI=1S/C16H21N3O2/c1-12-4-3-5-13(17-12)14(20)19-10-7-16(8-11-19)6-9-18(2)15(16)21/h3-5H,6-11H2,1-2H3. The topological polar surface area (TPSA) is 53.5 Å². The monoisotopic (exact) mass is 287 g/mol. The minimum atomic E-state index is -0.217. The normalized spacial score (nSPS) is 21.1. The Hall–Kier alpha value is -1.91. The summed E-state index contributed by atoms with van der Waals surface area (Å²) in [7, 11) is 1.87. The van der Waals surface area contributed by atoms with Gasteiger partial charge in [0.25, 0.3) is 5.91 Å². The van der Waals surface area contributed by atoms with Gasteiger partial charge in [0.15, 0.2) is 0 Å². The molecule has 2 fully saturated rings. The van der Waals surface area contributed by atoms with E-state index in [4.69, 9.17) is 0 Å². The van der Waals surface area contributed by atoms with E-state index in [-0.39, 0.29) is 17.2 Å². The van der Waals surface area contributed by atoms with Crippen LogP contribution in [0.4, 0.5) is 0 Å². The first kappa shape index (κ1) is 14.0. The van der Waals surface area contributed by atoms with Crippen molar-refractivity contribution in [3.63, 3.8) is 0 Å². The van der Waals surface area contributed by atoms with Crippen LogP contribution >= 0.6 is 0 Å². The number of carbonyl (C=O) groups excluding carboxylic acids is 2. The Bertz CT molecular complexity index is 577. The summed E-state index contributed by atoms with van der Waals surface area (Å²) in [5, 5.41) is 0. The Morgan fingerprint density at radius 3 is 2.43 bits per heavy atom. The minimum absolute atomic E-state index is 0.0210. The van der Waals surface area contributed by atoms with Crippen LogP contribution in [-0.4, -0.2) is 53.3 Å². The van der Waals surface area contributed by atoms with Crippen molar-refractivity contribution < 1.29 is 9.59 Å². The number of pyridine rings is 1. The van der Waals surface area contributed by atoms with Crippen LogP contribution in [0.1, 0.15) is 35.4 Å². The number of aryl methyl sites for hydroxylation is 1. The molecule has 2 aliphatic rings. The SMILES string of the molecule is Cc1cccc(C(=O)N2CCC3(CCN(C)C3=O)CC2)n1. The van der Waals surface area contributed by atoms with Gasteiger partial charge in [-0.05, 0) is 38.3 Å². The fourth-order valence-corrected chi connectivity index (χ4v) is 3.42. The zero-order valence-electron chi connectivity index (χ0n) is 12.6. The Kier molecular flexibility index (Phi) is 3.43. The van der Waals surface area contributed by atoms with Gasteiger partial charge in [-0.1, -0.05) is 6.07 Å². The summed E-state index contributed by atoms with van der Waals surface area (Å²) in [6.07, 6.45) is 2.47. The summed E-state index contributed by atoms with van der Waals surface area (Å²) in [6, 6.07) is 5.50. The molecule has 1 spiro atoms. The average molecular weight is 287 g/mol. The summed E-state index contributed by atoms with van der Waals surface area (Å²) >= 11 is 0. The maximum absolute atomic E-state index is 12.5. The Balaban J connectivity index is 1.69. The van der Waals surface area contributed by atoms with E-state index in [0.29, 0.717) is 18.8 Å². The van der Waals surface area contributed by atoms with Crippen LogP contribution in [0.5, 0.6) is 0 Å². The lowest BCUT2D eigenvalue weighted by Gasteiger charge is -2.37. The lowest BCUT2D eigenvalue weighted by Crippen LogP contribution is -2.46. The lowest BCUT2D eigenvalue weighted by atomic mass is 9.77. The summed E-state index contributed by atoms with van der Waals surface area (Å²) in [5.74, 6) is 0.232. The molecule has 1 aromatic heterocycles. The Morgan fingerprint density at radius 2 is 1.86 bits per heavy atom. The highest BCUT2D eigenvalue weighted by Crippen LogP contribution is 2.41. The van der Waals surface area contributed by atoms with Gasteiger partial charge >= 0.3 is 0 Å². The van der Waals surface area contributed by atoms with E-state index in [9.17, 15) is 9.59 Å². The van der Waals surface area contributed by atoms with Crippen molar-refractivity contribution >= 4 is 11.8 Å². The van der Waals surface area contributed by atoms with Gasteiger partial charge in [-0.15, -0.1) is 0 Å². The Labute approximate surface area is 124 Å². The predicted molar refractivity (Wildman–Crippen MR) is 78.8 cm³/mol. The fourth-order valence-electron chi connectivity index (χ4n) is 3.42. The average Bonchev–Trinajstić information content (AvgIpc) is 2.76. The second-order valence-electron chi connectivity index (χ2n) is 6.21. The molecule has 0 atom stereocenters. The molecule has 2 saturated heterocycles. The van der Waals surface area contributed by atoms with E-state index >= 15 is 0 Å². The number of aromatic nitrogens is 1. The summed E-state index contributed by atoms with van der Waals surface area (Å²) < 4.78 is 0. The van der Waals surface area contributed by atoms with Gasteiger partial charge in [0.2, 0.25) is 5.91 Å². The van der Waals surface area contributed by atoms with Crippen molar-refractivity contribution in [2.45, 2.75) is 26.2 Å². The van der Waals surface area contributed by atoms with Gasteiger partial charge in [0, 0.05) is 32.4 Å². The first-order valence-corrected chi connectivity index (χ1v) is 7.50. The highest BCUT2D eigenvalue weighted by molar-refractivity contribution is 5.92. The third kappa shape index (κ3) is 2.41. The summed E-state index contributed by atoms with van der Waals surface area (Å²) in [4.78, 5) is 32.7. The molecule has 2 aliphatic heterocycles. The molecule has 21 heavy (non-hydrogen) atoms. The van der Waals surface area contributed by atoms with Gasteiger partial charge in [-0.25, -0.2) is 4.98 Å². The highest BCUT2D eigenvalue weighted by Gasteiger charge is 2.47. The number of hydrogen-bond acceptors (Lipinski definition) is 3. The van der Waals surface area contributed by atoms with E-state index in [1.807, 2.05) is 35.9 Å². The third-order valence-corrected chi connectivity index (χ3v) is 4.84. The number of carbonyl (C=O) groups is 2. The molecule has 0 aliphatic carbocycles. The second kappa shape index (κ2) is 5.13. The number of nitrogens with zero attached hydrogens (tertiary/aromatic N) is 3. The highest BCUT2D eigenvalue weighted by atomic mass is 16.2. The molecule has 0 radical (unpaired) electrons. The molecule has 5 nitrogen and oxygen atoms in total. The lowest BCUT2D eigenvalue weighted by molar-refractivity contribution is -0.137. The molecule has 3 rings (SSSR count). The van der Waals surface area contributed by atoms with Gasteiger partial charge in [-0.2, -0.15) is 0 Å². The number of amides is 2. The Morgan fingerprint density at radius 1 is 1.19 bits per heavy atom. The van der Waals surface area contributed by atoms with Gasteiger partial charge in [-0.3, -0.25) is 9.59 Å². The van der Waals surface area contributed by atoms with E-state index in [0.717, 1.165) is 31.5 Å². The van der Waals surface area contributed by atoms with E-state index in [1.54, 1.807) is 6.07 Å². The van der Waals surface area contributed by atoms with E-state index in [1.165, 1.54) is 0 Å². The molecular formula is C16H21N3O2. The molecule has 3 heterocycles. The molecule has 2 amide bonds. The van der Waals surface area contributed by atoms with Crippen LogP contribution in [0.3, 0.4) is 0 Å². The largest absolute Gasteiger partial charge is 0.345 e. The zero-order valence-corrected chi connectivity index (χ0v) is 12.6. The van der Waals surface area contributed by atoms with Crippen molar-refractivity contribution in [2.24, 2.45) is 5.41 Å². The molecule has 0 N–H and O–H groups in total. The van der Waals surface area contributed by atoms with Crippen molar-refractivity contribution in [3.8, 4) is 0 Å². The van der Waals surface area contributed by atoms with E-state index < -0.39 is 0 Å². The number of hydrogen-bond donors (Lipinski definition) is 0. The molecule has 0 aromatic carbocycles. The predicted octanol–water partition coefficient (Wildman–Crippen LogP) is 1.47. The van der Waals surface area contributed by atoms with Gasteiger partial charge in [0.1, 0.15) is 5.69 Å². The molecule has 0 saturated carbocycles. The van der Waals surface area contributed by atoms with Gasteiger partial charge < -0.3 is 9.80 Å². The summed E-state index contributed by atoms with van der Waals surface area (Å²) in [5.41, 5.74) is 1.13. The molecule has 0 bridgehead atoms.